The van der Waals surface area contributed by atoms with Crippen molar-refractivity contribution >= 4 is 15.7 Å². The molecule has 0 aliphatic rings. The van der Waals surface area contributed by atoms with Crippen molar-refractivity contribution < 1.29 is 13.2 Å². The molecule has 0 spiro atoms. The molecule has 1 aromatic carbocycles. The van der Waals surface area contributed by atoms with E-state index in [4.69, 9.17) is 0 Å². The van der Waals surface area contributed by atoms with Gasteiger partial charge in [-0.2, -0.15) is 0 Å². The maximum Gasteiger partial charge on any atom is 0.251 e. The Bertz CT molecular complexity index is 678. The van der Waals surface area contributed by atoms with E-state index in [0.29, 0.717) is 5.75 Å². The van der Waals surface area contributed by atoms with Gasteiger partial charge in [0.1, 0.15) is 0 Å². The molecule has 0 aliphatic carbocycles. The van der Waals surface area contributed by atoms with Crippen LogP contribution in [0.2, 0.25) is 0 Å². The quantitative estimate of drug-likeness (QED) is 0.576. The van der Waals surface area contributed by atoms with Crippen LogP contribution in [0.5, 0.6) is 0 Å². The lowest BCUT2D eigenvalue weighted by Crippen LogP contribution is -2.30. The summed E-state index contributed by atoms with van der Waals surface area (Å²) < 4.78 is 23.5. The molecule has 1 N–H and O–H groups in total. The van der Waals surface area contributed by atoms with Gasteiger partial charge in [-0.15, -0.1) is 0 Å². The van der Waals surface area contributed by atoms with E-state index in [1.165, 1.54) is 5.56 Å². The number of aryl methyl sites for hydroxylation is 2. The number of carbonyl (C=O) groups excluding carboxylic acids is 1. The van der Waals surface area contributed by atoms with Crippen molar-refractivity contribution in [1.29, 1.82) is 0 Å². The third-order valence-corrected chi connectivity index (χ3v) is 6.73. The SMILES string of the molecule is Cc1cc(CCCCCCCS(=O)(=O)C(C)C)cc(C(=O)NC(C)C)c1. The Kier molecular flexibility index (Phi) is 9.34. The van der Waals surface area contributed by atoms with E-state index >= 15 is 0 Å². The first-order valence-corrected chi connectivity index (χ1v) is 11.5. The zero-order chi connectivity index (χ0) is 19.7. The first kappa shape index (κ1) is 22.7. The van der Waals surface area contributed by atoms with Crippen LogP contribution in [0.4, 0.5) is 0 Å². The molecule has 0 fully saturated rings. The predicted octanol–water partition coefficient (Wildman–Crippen LogP) is 4.45. The largest absolute Gasteiger partial charge is 0.350 e. The number of carbonyl (C=O) groups is 1. The summed E-state index contributed by atoms with van der Waals surface area (Å²) in [7, 11) is -2.90. The van der Waals surface area contributed by atoms with Crippen molar-refractivity contribution in [2.75, 3.05) is 5.75 Å². The van der Waals surface area contributed by atoms with E-state index in [1.54, 1.807) is 13.8 Å². The molecule has 0 aliphatic heterocycles. The van der Waals surface area contributed by atoms with Gasteiger partial charge in [0.15, 0.2) is 9.84 Å². The van der Waals surface area contributed by atoms with Crippen LogP contribution in [0.3, 0.4) is 0 Å². The van der Waals surface area contributed by atoms with E-state index in [9.17, 15) is 13.2 Å². The lowest BCUT2D eigenvalue weighted by molar-refractivity contribution is 0.0943. The van der Waals surface area contributed by atoms with Crippen molar-refractivity contribution in [2.45, 2.75) is 84.4 Å². The van der Waals surface area contributed by atoms with Gasteiger partial charge in [0.05, 0.1) is 11.0 Å². The number of unbranched alkanes of at least 4 members (excludes halogenated alkanes) is 4. The van der Waals surface area contributed by atoms with Crippen molar-refractivity contribution in [3.8, 4) is 0 Å². The fourth-order valence-electron chi connectivity index (χ4n) is 2.88. The van der Waals surface area contributed by atoms with Gasteiger partial charge in [-0.3, -0.25) is 4.79 Å². The third-order valence-electron chi connectivity index (χ3n) is 4.43. The molecular weight excluding hydrogens is 346 g/mol. The van der Waals surface area contributed by atoms with E-state index in [1.807, 2.05) is 32.9 Å². The Morgan fingerprint density at radius 2 is 1.58 bits per heavy atom. The van der Waals surface area contributed by atoms with Gasteiger partial charge in [-0.05, 0) is 71.6 Å². The maximum absolute atomic E-state index is 12.2. The fourth-order valence-corrected chi connectivity index (χ4v) is 3.96. The smallest absolute Gasteiger partial charge is 0.251 e. The number of hydrogen-bond donors (Lipinski definition) is 1. The van der Waals surface area contributed by atoms with Crippen LogP contribution < -0.4 is 5.32 Å². The minimum atomic E-state index is -2.90. The molecule has 1 rings (SSSR count). The lowest BCUT2D eigenvalue weighted by Gasteiger charge is -2.11. The van der Waals surface area contributed by atoms with E-state index < -0.39 is 9.84 Å². The second kappa shape index (κ2) is 10.7. The molecule has 5 heteroatoms. The number of hydrogen-bond acceptors (Lipinski definition) is 3. The highest BCUT2D eigenvalue weighted by Crippen LogP contribution is 2.15. The van der Waals surface area contributed by atoms with E-state index in [2.05, 4.69) is 11.4 Å². The first-order valence-electron chi connectivity index (χ1n) is 9.75. The first-order chi connectivity index (χ1) is 12.1. The van der Waals surface area contributed by atoms with Crippen LogP contribution in [0.1, 0.15) is 81.3 Å². The number of amides is 1. The molecule has 148 valence electrons. The lowest BCUT2D eigenvalue weighted by atomic mass is 10.0. The van der Waals surface area contributed by atoms with Crippen molar-refractivity contribution in [3.05, 3.63) is 34.9 Å². The monoisotopic (exact) mass is 381 g/mol. The normalized spacial score (nSPS) is 12.0. The topological polar surface area (TPSA) is 63.2 Å². The molecule has 0 unspecified atom stereocenters. The summed E-state index contributed by atoms with van der Waals surface area (Å²) in [6.45, 7) is 9.42. The molecule has 0 saturated heterocycles. The Hall–Kier alpha value is -1.36. The van der Waals surface area contributed by atoms with Crippen LogP contribution in [-0.2, 0) is 16.3 Å². The summed E-state index contributed by atoms with van der Waals surface area (Å²) in [5.74, 6) is 0.285. The molecule has 0 atom stereocenters. The molecule has 1 amide bonds. The third kappa shape index (κ3) is 8.35. The summed E-state index contributed by atoms with van der Waals surface area (Å²) in [6, 6.07) is 6.18. The number of rotatable bonds is 11. The van der Waals surface area contributed by atoms with Crippen LogP contribution in [0, 0.1) is 6.92 Å². The Labute approximate surface area is 159 Å². The maximum atomic E-state index is 12.2. The van der Waals surface area contributed by atoms with Crippen molar-refractivity contribution in [1.82, 2.24) is 5.32 Å². The van der Waals surface area contributed by atoms with Gasteiger partial charge in [0.25, 0.3) is 5.91 Å². The second-order valence-electron chi connectivity index (χ2n) is 7.77. The molecule has 26 heavy (non-hydrogen) atoms. The van der Waals surface area contributed by atoms with Gasteiger partial charge in [-0.1, -0.05) is 30.9 Å². The Morgan fingerprint density at radius 1 is 0.962 bits per heavy atom. The molecule has 0 saturated carbocycles. The zero-order valence-corrected chi connectivity index (χ0v) is 17.8. The average Bonchev–Trinajstić information content (AvgIpc) is 2.52. The van der Waals surface area contributed by atoms with Crippen LogP contribution >= 0.6 is 0 Å². The summed E-state index contributed by atoms with van der Waals surface area (Å²) in [6.07, 6.45) is 5.87. The predicted molar refractivity (Wildman–Crippen MR) is 109 cm³/mol. The fraction of sp³-hybridized carbons (Fsp3) is 0.667. The minimum absolute atomic E-state index is 0.0173. The Morgan fingerprint density at radius 3 is 2.19 bits per heavy atom. The highest BCUT2D eigenvalue weighted by Gasteiger charge is 2.14. The van der Waals surface area contributed by atoms with Crippen molar-refractivity contribution in [3.63, 3.8) is 0 Å². The van der Waals surface area contributed by atoms with E-state index in [-0.39, 0.29) is 17.2 Å². The molecule has 1 aromatic rings. The molecule has 0 radical (unpaired) electrons. The second-order valence-corrected chi connectivity index (χ2v) is 10.4. The summed E-state index contributed by atoms with van der Waals surface area (Å²) in [5, 5.41) is 2.66. The van der Waals surface area contributed by atoms with Gasteiger partial charge in [0.2, 0.25) is 0 Å². The summed E-state index contributed by atoms with van der Waals surface area (Å²) >= 11 is 0. The number of benzene rings is 1. The molecule has 0 bridgehead atoms. The van der Waals surface area contributed by atoms with Gasteiger partial charge < -0.3 is 5.32 Å². The number of sulfone groups is 1. The van der Waals surface area contributed by atoms with Crippen LogP contribution in [-0.4, -0.2) is 31.4 Å². The van der Waals surface area contributed by atoms with Gasteiger partial charge >= 0.3 is 0 Å². The van der Waals surface area contributed by atoms with Crippen LogP contribution in [0.25, 0.3) is 0 Å². The Balaban J connectivity index is 2.37. The molecule has 0 aromatic heterocycles. The summed E-state index contributed by atoms with van der Waals surface area (Å²) in [4.78, 5) is 12.2. The number of nitrogens with one attached hydrogen (secondary N) is 1. The standard InChI is InChI=1S/C21H35NO3S/c1-16(2)22-21(23)20-14-18(5)13-19(15-20)11-9-7-6-8-10-12-26(24,25)17(3)4/h13-17H,6-12H2,1-5H3,(H,22,23). The molecule has 0 heterocycles. The van der Waals surface area contributed by atoms with Crippen LogP contribution in [0.15, 0.2) is 18.2 Å². The summed E-state index contributed by atoms with van der Waals surface area (Å²) in [5.41, 5.74) is 3.03. The zero-order valence-electron chi connectivity index (χ0n) is 17.0. The highest BCUT2D eigenvalue weighted by atomic mass is 32.2. The molecular formula is C21H35NO3S. The van der Waals surface area contributed by atoms with Gasteiger partial charge in [0, 0.05) is 11.6 Å². The molecule has 4 nitrogen and oxygen atoms in total. The highest BCUT2D eigenvalue weighted by molar-refractivity contribution is 7.91. The van der Waals surface area contributed by atoms with Crippen molar-refractivity contribution in [2.24, 2.45) is 0 Å². The average molecular weight is 382 g/mol. The van der Waals surface area contributed by atoms with E-state index in [0.717, 1.165) is 49.7 Å². The van der Waals surface area contributed by atoms with Gasteiger partial charge in [-0.25, -0.2) is 8.42 Å². The minimum Gasteiger partial charge on any atom is -0.350 e.